The zero-order chi connectivity index (χ0) is 57.1. The molecule has 0 saturated heterocycles. The molecule has 0 fully saturated rings. The number of hydrogen-bond acceptors (Lipinski definition) is 6. The fraction of sp³-hybridized carbons (Fsp3) is 0.712. The summed E-state index contributed by atoms with van der Waals surface area (Å²) in [6, 6.07) is 0. The van der Waals surface area contributed by atoms with Crippen molar-refractivity contribution in [1.29, 1.82) is 0 Å². The smallest absolute Gasteiger partial charge is 0.306 e. The van der Waals surface area contributed by atoms with Gasteiger partial charge in [0, 0.05) is 19.3 Å². The zero-order valence-corrected chi connectivity index (χ0v) is 51.9. The molecule has 0 aliphatic heterocycles. The number of carbonyl (C=O) groups excluding carboxylic acids is 3. The van der Waals surface area contributed by atoms with E-state index in [1.807, 2.05) is 0 Å². The number of ether oxygens (including phenoxy) is 3. The number of allylic oxidation sites excluding steroid dienone is 18. The van der Waals surface area contributed by atoms with E-state index in [1.54, 1.807) is 0 Å². The summed E-state index contributed by atoms with van der Waals surface area (Å²) < 4.78 is 16.9. The lowest BCUT2D eigenvalue weighted by atomic mass is 10.0. The third kappa shape index (κ3) is 64.8. The predicted molar refractivity (Wildman–Crippen MR) is 343 cm³/mol. The molecule has 1 atom stereocenters. The molecule has 6 heteroatoms. The minimum Gasteiger partial charge on any atom is -0.462 e. The van der Waals surface area contributed by atoms with Gasteiger partial charge in [0.15, 0.2) is 6.10 Å². The van der Waals surface area contributed by atoms with Gasteiger partial charge < -0.3 is 14.2 Å². The topological polar surface area (TPSA) is 78.9 Å². The molecular formula is C73H124O6. The van der Waals surface area contributed by atoms with Crippen molar-refractivity contribution in [2.45, 2.75) is 322 Å². The maximum Gasteiger partial charge on any atom is 0.306 e. The molecule has 0 saturated carbocycles. The molecule has 79 heavy (non-hydrogen) atoms. The van der Waals surface area contributed by atoms with Crippen LogP contribution in [0, 0.1) is 0 Å². The number of carbonyl (C=O) groups is 3. The first kappa shape index (κ1) is 75.1. The van der Waals surface area contributed by atoms with Crippen LogP contribution >= 0.6 is 0 Å². The van der Waals surface area contributed by atoms with Crippen molar-refractivity contribution in [3.05, 3.63) is 109 Å². The van der Waals surface area contributed by atoms with Crippen molar-refractivity contribution < 1.29 is 28.6 Å². The van der Waals surface area contributed by atoms with E-state index in [0.29, 0.717) is 19.3 Å². The van der Waals surface area contributed by atoms with Gasteiger partial charge in [-0.1, -0.05) is 297 Å². The molecule has 0 radical (unpaired) electrons. The summed E-state index contributed by atoms with van der Waals surface area (Å²) in [6.45, 7) is 6.52. The first-order valence-electron chi connectivity index (χ1n) is 33.4. The van der Waals surface area contributed by atoms with E-state index in [-0.39, 0.29) is 31.1 Å². The van der Waals surface area contributed by atoms with Gasteiger partial charge in [-0.15, -0.1) is 0 Å². The van der Waals surface area contributed by atoms with E-state index >= 15 is 0 Å². The zero-order valence-electron chi connectivity index (χ0n) is 51.9. The summed E-state index contributed by atoms with van der Waals surface area (Å²) in [4.78, 5) is 38.4. The first-order chi connectivity index (χ1) is 39.0. The average molecular weight is 1100 g/mol. The molecule has 0 aliphatic carbocycles. The monoisotopic (exact) mass is 1100 g/mol. The van der Waals surface area contributed by atoms with Crippen LogP contribution in [0.15, 0.2) is 109 Å². The highest BCUT2D eigenvalue weighted by atomic mass is 16.6. The first-order valence-corrected chi connectivity index (χ1v) is 33.4. The fourth-order valence-electron chi connectivity index (χ4n) is 9.28. The molecule has 0 rings (SSSR count). The molecular weight excluding hydrogens is 973 g/mol. The lowest BCUT2D eigenvalue weighted by molar-refractivity contribution is -0.167. The SMILES string of the molecule is CC/C=C\C/C=C\C/C=C\C/C=C\C/C=C\C/C=C\C/C=C\C/C=C\CCCCC(=O)OCC(COC(=O)CCCCCCCCCCCCCCCCC)OC(=O)CCCCCCCCCCC/C=C\CCCCCCCC. The lowest BCUT2D eigenvalue weighted by Gasteiger charge is -2.18. The Labute approximate surface area is 489 Å². The van der Waals surface area contributed by atoms with Gasteiger partial charge in [-0.25, -0.2) is 0 Å². The van der Waals surface area contributed by atoms with Crippen LogP contribution in [0.5, 0.6) is 0 Å². The van der Waals surface area contributed by atoms with Crippen LogP contribution in [0.1, 0.15) is 316 Å². The van der Waals surface area contributed by atoms with E-state index < -0.39 is 6.10 Å². The highest BCUT2D eigenvalue weighted by Gasteiger charge is 2.19. The quantitative estimate of drug-likeness (QED) is 0.0261. The van der Waals surface area contributed by atoms with Crippen molar-refractivity contribution in [2.24, 2.45) is 0 Å². The lowest BCUT2D eigenvalue weighted by Crippen LogP contribution is -2.30. The molecule has 0 heterocycles. The van der Waals surface area contributed by atoms with Gasteiger partial charge in [0.25, 0.3) is 0 Å². The Hall–Kier alpha value is -3.93. The van der Waals surface area contributed by atoms with Crippen LogP contribution in [0.25, 0.3) is 0 Å². The Balaban J connectivity index is 4.43. The van der Waals surface area contributed by atoms with Crippen molar-refractivity contribution in [1.82, 2.24) is 0 Å². The number of rotatable bonds is 60. The standard InChI is InChI=1S/C73H124O6/c1-4-7-10-13-16-19-22-25-28-30-32-33-34-35-36-37-38-39-41-42-45-48-51-54-57-60-63-66-72(75)78-69-70(68-77-71(74)65-62-59-56-53-50-47-44-27-24-21-18-15-12-9-6-3)79-73(76)67-64-61-58-55-52-49-46-43-40-31-29-26-23-20-17-14-11-8-5-2/h7,10,16,19,25-26,28-29,32-33,35-36,38-39,42,45,51,54,70H,4-6,8-9,11-15,17-18,20-24,27,30-31,34,37,40-41,43-44,46-50,52-53,55-69H2,1-3H3/b10-7-,19-16-,28-25-,29-26-,33-32-,36-35-,39-38-,45-42-,54-51-. The van der Waals surface area contributed by atoms with Crippen molar-refractivity contribution in [3.63, 3.8) is 0 Å². The number of esters is 3. The van der Waals surface area contributed by atoms with Gasteiger partial charge >= 0.3 is 17.9 Å². The molecule has 0 aromatic carbocycles. The Morgan fingerprint density at radius 1 is 0.266 bits per heavy atom. The Kier molecular flexibility index (Phi) is 63.3. The van der Waals surface area contributed by atoms with Gasteiger partial charge in [0.2, 0.25) is 0 Å². The fourth-order valence-corrected chi connectivity index (χ4v) is 9.28. The van der Waals surface area contributed by atoms with E-state index in [1.165, 1.54) is 167 Å². The minimum atomic E-state index is -0.798. The van der Waals surface area contributed by atoms with Gasteiger partial charge in [-0.2, -0.15) is 0 Å². The number of unbranched alkanes of at least 4 members (excludes halogenated alkanes) is 31. The Morgan fingerprint density at radius 2 is 0.494 bits per heavy atom. The summed E-state index contributed by atoms with van der Waals surface area (Å²) in [7, 11) is 0. The van der Waals surface area contributed by atoms with Crippen LogP contribution in [0.3, 0.4) is 0 Å². The summed E-state index contributed by atoms with van der Waals surface area (Å²) in [5, 5.41) is 0. The summed E-state index contributed by atoms with van der Waals surface area (Å²) in [6.07, 6.45) is 91.0. The summed E-state index contributed by atoms with van der Waals surface area (Å²) in [5.74, 6) is -0.927. The van der Waals surface area contributed by atoms with E-state index in [4.69, 9.17) is 14.2 Å². The molecule has 0 aromatic heterocycles. The maximum absolute atomic E-state index is 12.9. The predicted octanol–water partition coefficient (Wildman–Crippen LogP) is 23.0. The molecule has 0 N–H and O–H groups in total. The van der Waals surface area contributed by atoms with Crippen LogP contribution in [-0.4, -0.2) is 37.2 Å². The van der Waals surface area contributed by atoms with Gasteiger partial charge in [0.1, 0.15) is 13.2 Å². The second kappa shape index (κ2) is 66.6. The van der Waals surface area contributed by atoms with Crippen molar-refractivity contribution >= 4 is 17.9 Å². The minimum absolute atomic E-state index is 0.0906. The van der Waals surface area contributed by atoms with Crippen LogP contribution in [-0.2, 0) is 28.6 Å². The van der Waals surface area contributed by atoms with E-state index in [9.17, 15) is 14.4 Å². The highest BCUT2D eigenvalue weighted by molar-refractivity contribution is 5.71. The molecule has 0 aliphatic rings. The maximum atomic E-state index is 12.9. The molecule has 0 amide bonds. The summed E-state index contributed by atoms with van der Waals surface area (Å²) in [5.41, 5.74) is 0. The third-order valence-electron chi connectivity index (χ3n) is 14.3. The second-order valence-corrected chi connectivity index (χ2v) is 22.0. The molecule has 452 valence electrons. The summed E-state index contributed by atoms with van der Waals surface area (Å²) >= 11 is 0. The van der Waals surface area contributed by atoms with Crippen LogP contribution in [0.2, 0.25) is 0 Å². The van der Waals surface area contributed by atoms with Gasteiger partial charge in [0.05, 0.1) is 0 Å². The Morgan fingerprint density at radius 3 is 0.810 bits per heavy atom. The van der Waals surface area contributed by atoms with Gasteiger partial charge in [-0.3, -0.25) is 14.4 Å². The highest BCUT2D eigenvalue weighted by Crippen LogP contribution is 2.16. The third-order valence-corrected chi connectivity index (χ3v) is 14.3. The Bertz CT molecular complexity index is 1590. The van der Waals surface area contributed by atoms with Crippen LogP contribution in [0.4, 0.5) is 0 Å². The largest absolute Gasteiger partial charge is 0.462 e. The van der Waals surface area contributed by atoms with E-state index in [2.05, 4.69) is 130 Å². The number of hydrogen-bond donors (Lipinski definition) is 0. The molecule has 6 nitrogen and oxygen atoms in total. The van der Waals surface area contributed by atoms with Gasteiger partial charge in [-0.05, 0) is 109 Å². The second-order valence-electron chi connectivity index (χ2n) is 22.0. The normalized spacial score (nSPS) is 12.8. The molecule has 0 spiro atoms. The van der Waals surface area contributed by atoms with Crippen molar-refractivity contribution in [2.75, 3.05) is 13.2 Å². The molecule has 0 bridgehead atoms. The van der Waals surface area contributed by atoms with E-state index in [0.717, 1.165) is 109 Å². The molecule has 0 aromatic rings. The van der Waals surface area contributed by atoms with Crippen LogP contribution < -0.4 is 0 Å². The van der Waals surface area contributed by atoms with Crippen molar-refractivity contribution in [3.8, 4) is 0 Å². The molecule has 1 unspecified atom stereocenters. The average Bonchev–Trinajstić information content (AvgIpc) is 3.45.